The Morgan fingerprint density at radius 2 is 1.25 bits per heavy atom. The van der Waals surface area contributed by atoms with Gasteiger partial charge >= 0.3 is 12.2 Å². The van der Waals surface area contributed by atoms with Gasteiger partial charge in [-0.1, -0.05) is 24.1 Å². The number of likely N-dealkylation sites (tertiary alicyclic amines) is 2. The molecule has 4 amide bonds. The highest BCUT2D eigenvalue weighted by Crippen LogP contribution is 2.55. The number of alkyl carbamates (subject to hydrolysis) is 1. The molecule has 5 N–H and O–H groups in total. The zero-order valence-electron chi connectivity index (χ0n) is 37.5. The molecule has 6 aliphatic rings. The number of hydrogen-bond donors (Lipinski definition) is 5. The van der Waals surface area contributed by atoms with E-state index < -0.39 is 24.3 Å². The van der Waals surface area contributed by atoms with Crippen molar-refractivity contribution in [3.05, 3.63) is 71.7 Å². The number of methoxy groups -OCH3 is 1. The van der Waals surface area contributed by atoms with Crippen LogP contribution in [0.2, 0.25) is 0 Å². The van der Waals surface area contributed by atoms with Crippen LogP contribution in [0, 0.1) is 35.5 Å². The topological polar surface area (TPSA) is 204 Å². The summed E-state index contributed by atoms with van der Waals surface area (Å²) in [4.78, 5) is 73.5. The molecule has 2 saturated carbocycles. The Hall–Kier alpha value is -5.92. The molecule has 0 spiro atoms. The van der Waals surface area contributed by atoms with Crippen LogP contribution in [-0.2, 0) is 23.8 Å². The van der Waals surface area contributed by atoms with Crippen LogP contribution in [0.5, 0.6) is 0 Å². The molecule has 2 aromatic carbocycles. The summed E-state index contributed by atoms with van der Waals surface area (Å²) in [5.74, 6) is 8.12. The van der Waals surface area contributed by atoms with Gasteiger partial charge in [-0.3, -0.25) is 9.59 Å². The average molecular weight is 887 g/mol. The number of imidazole rings is 2. The number of carbonyl (C=O) groups excluding carboxylic acids is 3. The first-order valence-corrected chi connectivity index (χ1v) is 23.3. The molecule has 16 nitrogen and oxygen atoms in total. The molecule has 0 radical (unpaired) electrons. The second-order valence-electron chi connectivity index (χ2n) is 19.5. The first-order chi connectivity index (χ1) is 31.3. The standard InChI is InChI=1S/C49H58N8O8/c1-24-12-34(13-25(2)64-24)42(54-48(60)61)46(58)56-38-18-32(38)20-40(56)44-50-22-36(52-44)11-7-28-6-8-30-17-31(10-9-29(30)16-28)37-23-51-45(53-37)41-21-33-19-39(33)57(41)47(59)43(55-49(62)63-5)35-14-26(3)65-27(4)15-35/h6,8-10,16-17,22-27,32-35,38-43,54H,12-15,18-21H2,1-5H3,(H,50,52)(H,51,53)(H,55,62)(H,60,61)/t24-,25+,26-,27+,32-,33+,34?,35?,38-,39-,40+,41+,42+,43+/m1/s1. The van der Waals surface area contributed by atoms with Crippen LogP contribution < -0.4 is 10.6 Å². The second kappa shape index (κ2) is 17.1. The summed E-state index contributed by atoms with van der Waals surface area (Å²) in [6.45, 7) is 7.96. The van der Waals surface area contributed by atoms with Crippen molar-refractivity contribution >= 4 is 34.8 Å². The quantitative estimate of drug-likeness (QED) is 0.116. The van der Waals surface area contributed by atoms with Crippen molar-refractivity contribution in [2.24, 2.45) is 23.7 Å². The summed E-state index contributed by atoms with van der Waals surface area (Å²) in [7, 11) is 1.32. The Morgan fingerprint density at radius 3 is 1.83 bits per heavy atom. The van der Waals surface area contributed by atoms with Crippen LogP contribution in [0.3, 0.4) is 0 Å². The Kier molecular flexibility index (Phi) is 11.3. The maximum Gasteiger partial charge on any atom is 0.407 e. The Bertz CT molecular complexity index is 2540. The minimum Gasteiger partial charge on any atom is -0.465 e. The first-order valence-electron chi connectivity index (χ1n) is 23.3. The van der Waals surface area contributed by atoms with E-state index in [1.165, 1.54) is 7.11 Å². The van der Waals surface area contributed by atoms with Gasteiger partial charge in [0, 0.05) is 35.6 Å². The second-order valence-corrected chi connectivity index (χ2v) is 19.5. The molecule has 4 aromatic rings. The van der Waals surface area contributed by atoms with Gasteiger partial charge in [0.2, 0.25) is 11.8 Å². The highest BCUT2D eigenvalue weighted by Gasteiger charge is 2.58. The molecule has 4 saturated heterocycles. The minimum absolute atomic E-state index is 0.0191. The summed E-state index contributed by atoms with van der Waals surface area (Å²) >= 11 is 0. The van der Waals surface area contributed by atoms with Crippen LogP contribution in [0.4, 0.5) is 9.59 Å². The number of carbonyl (C=O) groups is 4. The Morgan fingerprint density at radius 1 is 0.708 bits per heavy atom. The van der Waals surface area contributed by atoms with E-state index in [1.54, 1.807) is 6.20 Å². The van der Waals surface area contributed by atoms with E-state index in [0.717, 1.165) is 59.1 Å². The SMILES string of the molecule is COC(=O)N[C@H](C(=O)N1[C@@H]2C[C@H]2C[C@H]1c1nc(-c2ccc3cc(C#Cc4c[nH]c([C@@H]5C[C@H]6C[C@H]6N5C(=O)[C@@H](NC(=O)O)C5C[C@@H](C)O[C@@H](C)C5)n4)ccc3c2)c[nH]1)C1C[C@@H](C)O[C@@H](C)C1. The lowest BCUT2D eigenvalue weighted by atomic mass is 9.85. The maximum atomic E-state index is 14.4. The number of amides is 4. The molecule has 342 valence electrons. The van der Waals surface area contributed by atoms with Crippen LogP contribution in [0.1, 0.15) is 114 Å². The van der Waals surface area contributed by atoms with Crippen molar-refractivity contribution in [2.75, 3.05) is 7.11 Å². The number of piperidine rings is 2. The molecule has 4 aliphatic heterocycles. The molecular weight excluding hydrogens is 829 g/mol. The number of fused-ring (bicyclic) bond motifs is 3. The summed E-state index contributed by atoms with van der Waals surface area (Å²) < 4.78 is 16.8. The minimum atomic E-state index is -1.20. The zero-order valence-corrected chi connectivity index (χ0v) is 37.5. The van der Waals surface area contributed by atoms with Gasteiger partial charge in [0.25, 0.3) is 0 Å². The molecule has 2 aliphatic carbocycles. The van der Waals surface area contributed by atoms with E-state index in [9.17, 15) is 24.3 Å². The van der Waals surface area contributed by atoms with Crippen molar-refractivity contribution in [3.8, 4) is 23.1 Å². The largest absolute Gasteiger partial charge is 0.465 e. The zero-order chi connectivity index (χ0) is 45.3. The number of carboxylic acid groups (broad SMARTS) is 1. The van der Waals surface area contributed by atoms with Gasteiger partial charge in [-0.25, -0.2) is 19.6 Å². The average Bonchev–Trinajstić information content (AvgIpc) is 3.87. The fraction of sp³-hybridized carbons (Fsp3) is 0.551. The van der Waals surface area contributed by atoms with Crippen molar-refractivity contribution in [1.82, 2.24) is 40.4 Å². The predicted octanol–water partition coefficient (Wildman–Crippen LogP) is 6.44. The van der Waals surface area contributed by atoms with Crippen molar-refractivity contribution in [3.63, 3.8) is 0 Å². The molecule has 65 heavy (non-hydrogen) atoms. The summed E-state index contributed by atoms with van der Waals surface area (Å²) in [5.41, 5.74) is 3.12. The van der Waals surface area contributed by atoms with Crippen molar-refractivity contribution < 1.29 is 38.5 Å². The Balaban J connectivity index is 0.821. The van der Waals surface area contributed by atoms with Crippen LogP contribution >= 0.6 is 0 Å². The lowest BCUT2D eigenvalue weighted by Gasteiger charge is -2.38. The molecule has 10 rings (SSSR count). The fourth-order valence-corrected chi connectivity index (χ4v) is 11.7. The normalized spacial score (nSPS) is 32.1. The number of H-pyrrole nitrogens is 2. The molecule has 2 aromatic heterocycles. The summed E-state index contributed by atoms with van der Waals surface area (Å²) in [5, 5.41) is 17.2. The molecule has 0 bridgehead atoms. The molecule has 2 unspecified atom stereocenters. The van der Waals surface area contributed by atoms with Gasteiger partial charge in [0.05, 0.1) is 49.3 Å². The molecular formula is C49H58N8O8. The van der Waals surface area contributed by atoms with Crippen molar-refractivity contribution in [1.29, 1.82) is 0 Å². The lowest BCUT2D eigenvalue weighted by molar-refractivity contribution is -0.140. The smallest absolute Gasteiger partial charge is 0.407 e. The third-order valence-electron chi connectivity index (χ3n) is 14.7. The molecule has 16 heteroatoms. The number of ether oxygens (including phenoxy) is 3. The fourth-order valence-electron chi connectivity index (χ4n) is 11.7. The molecule has 14 atom stereocenters. The first kappa shape index (κ1) is 43.0. The summed E-state index contributed by atoms with van der Waals surface area (Å²) in [6, 6.07) is 10.4. The van der Waals surface area contributed by atoms with Gasteiger partial charge in [-0.15, -0.1) is 0 Å². The number of aromatic nitrogens is 4. The number of aromatic amines is 2. The third-order valence-corrected chi connectivity index (χ3v) is 14.7. The lowest BCUT2D eigenvalue weighted by Crippen LogP contribution is -2.55. The van der Waals surface area contributed by atoms with E-state index in [1.807, 2.05) is 68.0 Å². The summed E-state index contributed by atoms with van der Waals surface area (Å²) in [6.07, 6.45) is 7.71. The van der Waals surface area contributed by atoms with Gasteiger partial charge in [0.15, 0.2) is 0 Å². The van der Waals surface area contributed by atoms with Gasteiger partial charge in [-0.05, 0) is 138 Å². The highest BCUT2D eigenvalue weighted by atomic mass is 16.5. The van der Waals surface area contributed by atoms with Gasteiger partial charge in [-0.2, -0.15) is 0 Å². The molecule has 6 fully saturated rings. The monoisotopic (exact) mass is 886 g/mol. The maximum absolute atomic E-state index is 14.4. The number of nitrogens with one attached hydrogen (secondary N) is 4. The number of hydrogen-bond acceptors (Lipinski definition) is 9. The van der Waals surface area contributed by atoms with E-state index >= 15 is 0 Å². The Labute approximate surface area is 377 Å². The van der Waals surface area contributed by atoms with E-state index in [-0.39, 0.29) is 72.2 Å². The number of rotatable bonds is 9. The van der Waals surface area contributed by atoms with Gasteiger partial charge < -0.3 is 49.7 Å². The highest BCUT2D eigenvalue weighted by molar-refractivity contribution is 5.89. The molecule has 6 heterocycles. The third kappa shape index (κ3) is 8.68. The van der Waals surface area contributed by atoms with Crippen LogP contribution in [0.25, 0.3) is 22.0 Å². The van der Waals surface area contributed by atoms with Crippen LogP contribution in [-0.4, -0.2) is 115 Å². The number of benzene rings is 2. The number of nitrogens with zero attached hydrogens (tertiary/aromatic N) is 4. The van der Waals surface area contributed by atoms with E-state index in [4.69, 9.17) is 24.2 Å². The predicted molar refractivity (Wildman–Crippen MR) is 238 cm³/mol. The van der Waals surface area contributed by atoms with Gasteiger partial charge in [0.1, 0.15) is 29.4 Å². The van der Waals surface area contributed by atoms with E-state index in [0.29, 0.717) is 49.0 Å². The van der Waals surface area contributed by atoms with Crippen molar-refractivity contribution in [2.45, 2.75) is 140 Å². The van der Waals surface area contributed by atoms with Crippen LogP contribution in [0.15, 0.2) is 48.8 Å². The van der Waals surface area contributed by atoms with E-state index in [2.05, 4.69) is 44.6 Å².